The van der Waals surface area contributed by atoms with Gasteiger partial charge in [-0.25, -0.2) is 0 Å². The Morgan fingerprint density at radius 1 is 1.08 bits per heavy atom. The highest BCUT2D eigenvalue weighted by molar-refractivity contribution is 6.30. The fraction of sp³-hybridized carbons (Fsp3) is 0.300. The van der Waals surface area contributed by atoms with Gasteiger partial charge in [-0.15, -0.1) is 0 Å². The molecule has 1 fully saturated rings. The van der Waals surface area contributed by atoms with Crippen molar-refractivity contribution >= 4 is 23.4 Å². The van der Waals surface area contributed by atoms with Gasteiger partial charge in [0.1, 0.15) is 5.75 Å². The lowest BCUT2D eigenvalue weighted by Gasteiger charge is -2.32. The Kier molecular flexibility index (Phi) is 5.78. The molecule has 1 aliphatic rings. The summed E-state index contributed by atoms with van der Waals surface area (Å²) in [7, 11) is 1.55. The molecule has 3 rings (SSSR count). The highest BCUT2D eigenvalue weighted by Crippen LogP contribution is 2.19. The number of piperidine rings is 1. The van der Waals surface area contributed by atoms with E-state index in [1.165, 1.54) is 0 Å². The van der Waals surface area contributed by atoms with Gasteiger partial charge in [0.15, 0.2) is 0 Å². The minimum absolute atomic E-state index is 0.00354. The predicted molar refractivity (Wildman–Crippen MR) is 101 cm³/mol. The maximum absolute atomic E-state index is 12.5. The molecular weight excluding hydrogens is 352 g/mol. The maximum Gasteiger partial charge on any atom is 0.255 e. The smallest absolute Gasteiger partial charge is 0.255 e. The number of nitrogens with one attached hydrogen (secondary N) is 1. The molecule has 0 aromatic heterocycles. The molecule has 1 saturated heterocycles. The van der Waals surface area contributed by atoms with E-state index >= 15 is 0 Å². The van der Waals surface area contributed by atoms with E-state index in [0.717, 1.165) is 12.8 Å². The summed E-state index contributed by atoms with van der Waals surface area (Å²) in [5.74, 6) is 0.404. The predicted octanol–water partition coefficient (Wildman–Crippen LogP) is 3.38. The highest BCUT2D eigenvalue weighted by Gasteiger charge is 2.25. The number of carbonyl (C=O) groups excluding carboxylic acids is 2. The first-order valence-corrected chi connectivity index (χ1v) is 8.95. The first-order chi connectivity index (χ1) is 12.6. The zero-order chi connectivity index (χ0) is 18.5. The Morgan fingerprint density at radius 2 is 1.73 bits per heavy atom. The van der Waals surface area contributed by atoms with E-state index in [1.54, 1.807) is 43.5 Å². The normalized spacial score (nSPS) is 14.8. The fourth-order valence-electron chi connectivity index (χ4n) is 3.10. The summed E-state index contributed by atoms with van der Waals surface area (Å²) >= 11 is 5.87. The van der Waals surface area contributed by atoms with Crippen molar-refractivity contribution < 1.29 is 14.3 Å². The van der Waals surface area contributed by atoms with E-state index in [-0.39, 0.29) is 17.9 Å². The van der Waals surface area contributed by atoms with Gasteiger partial charge in [-0.05, 0) is 49.2 Å². The molecule has 0 aliphatic carbocycles. The fourth-order valence-corrected chi connectivity index (χ4v) is 3.22. The minimum atomic E-state index is -0.148. The van der Waals surface area contributed by atoms with Crippen LogP contribution in [0.5, 0.6) is 5.75 Å². The molecular formula is C20H21ClN2O3. The molecule has 2 aromatic rings. The Labute approximate surface area is 157 Å². The summed E-state index contributed by atoms with van der Waals surface area (Å²) < 4.78 is 5.24. The number of hydrogen-bond acceptors (Lipinski definition) is 3. The molecule has 0 bridgehead atoms. The van der Waals surface area contributed by atoms with Gasteiger partial charge in [0, 0.05) is 29.7 Å². The van der Waals surface area contributed by atoms with Gasteiger partial charge in [0.05, 0.1) is 12.7 Å². The molecule has 0 spiro atoms. The second-order valence-electron chi connectivity index (χ2n) is 6.25. The van der Waals surface area contributed by atoms with E-state index in [9.17, 15) is 9.59 Å². The summed E-state index contributed by atoms with van der Waals surface area (Å²) in [6, 6.07) is 14.1. The molecule has 26 heavy (non-hydrogen) atoms. The molecule has 2 aromatic carbocycles. The first-order valence-electron chi connectivity index (χ1n) is 8.57. The third-order valence-corrected chi connectivity index (χ3v) is 4.81. The Bertz CT molecular complexity index is 784. The summed E-state index contributed by atoms with van der Waals surface area (Å²) in [4.78, 5) is 26.8. The zero-order valence-electron chi connectivity index (χ0n) is 14.6. The number of likely N-dealkylation sites (tertiary alicyclic amines) is 1. The lowest BCUT2D eigenvalue weighted by Crippen LogP contribution is -2.46. The molecule has 0 unspecified atom stereocenters. The molecule has 2 amide bonds. The van der Waals surface area contributed by atoms with Crippen molar-refractivity contribution in [3.63, 3.8) is 0 Å². The number of rotatable bonds is 4. The monoisotopic (exact) mass is 372 g/mol. The summed E-state index contributed by atoms with van der Waals surface area (Å²) in [5.41, 5.74) is 1.15. The number of amides is 2. The molecule has 0 radical (unpaired) electrons. The quantitative estimate of drug-likeness (QED) is 0.895. The van der Waals surface area contributed by atoms with Crippen molar-refractivity contribution in [2.24, 2.45) is 0 Å². The van der Waals surface area contributed by atoms with E-state index in [2.05, 4.69) is 5.32 Å². The van der Waals surface area contributed by atoms with Crippen molar-refractivity contribution in [2.75, 3.05) is 20.2 Å². The van der Waals surface area contributed by atoms with Crippen LogP contribution in [0.3, 0.4) is 0 Å². The van der Waals surface area contributed by atoms with Gasteiger partial charge in [-0.3, -0.25) is 9.59 Å². The third kappa shape index (κ3) is 4.17. The van der Waals surface area contributed by atoms with Gasteiger partial charge in [-0.1, -0.05) is 23.7 Å². The molecule has 136 valence electrons. The van der Waals surface area contributed by atoms with Crippen molar-refractivity contribution in [3.8, 4) is 5.75 Å². The van der Waals surface area contributed by atoms with Crippen LogP contribution in [0, 0.1) is 0 Å². The average molecular weight is 373 g/mol. The molecule has 0 saturated carbocycles. The van der Waals surface area contributed by atoms with Crippen molar-refractivity contribution in [2.45, 2.75) is 18.9 Å². The molecule has 6 heteroatoms. The summed E-state index contributed by atoms with van der Waals surface area (Å²) in [5, 5.41) is 3.65. The van der Waals surface area contributed by atoms with E-state index in [4.69, 9.17) is 16.3 Å². The minimum Gasteiger partial charge on any atom is -0.496 e. The summed E-state index contributed by atoms with van der Waals surface area (Å²) in [6.45, 7) is 1.22. The molecule has 5 nitrogen and oxygen atoms in total. The first kappa shape index (κ1) is 18.3. The molecule has 1 aliphatic heterocycles. The number of carbonyl (C=O) groups is 2. The number of ether oxygens (including phenoxy) is 1. The van der Waals surface area contributed by atoms with Gasteiger partial charge in [0.25, 0.3) is 11.8 Å². The van der Waals surface area contributed by atoms with Gasteiger partial charge in [0.2, 0.25) is 0 Å². The second kappa shape index (κ2) is 8.23. The van der Waals surface area contributed by atoms with Crippen LogP contribution in [0.1, 0.15) is 33.6 Å². The van der Waals surface area contributed by atoms with Crippen LogP contribution in [-0.4, -0.2) is 43.0 Å². The third-order valence-electron chi connectivity index (χ3n) is 4.56. The topological polar surface area (TPSA) is 58.6 Å². The number of para-hydroxylation sites is 1. The highest BCUT2D eigenvalue weighted by atomic mass is 35.5. The van der Waals surface area contributed by atoms with Crippen LogP contribution >= 0.6 is 11.6 Å². The van der Waals surface area contributed by atoms with Crippen LogP contribution in [0.15, 0.2) is 48.5 Å². The van der Waals surface area contributed by atoms with Gasteiger partial charge in [-0.2, -0.15) is 0 Å². The van der Waals surface area contributed by atoms with Crippen LogP contribution in [0.2, 0.25) is 5.02 Å². The van der Waals surface area contributed by atoms with Gasteiger partial charge < -0.3 is 15.0 Å². The number of halogens is 1. The zero-order valence-corrected chi connectivity index (χ0v) is 15.3. The number of nitrogens with zero attached hydrogens (tertiary/aromatic N) is 1. The molecule has 1 N–H and O–H groups in total. The van der Waals surface area contributed by atoms with Crippen LogP contribution in [-0.2, 0) is 0 Å². The molecule has 1 heterocycles. The van der Waals surface area contributed by atoms with Crippen molar-refractivity contribution in [3.05, 3.63) is 64.7 Å². The largest absolute Gasteiger partial charge is 0.496 e. The van der Waals surface area contributed by atoms with E-state index < -0.39 is 0 Å². The van der Waals surface area contributed by atoms with Gasteiger partial charge >= 0.3 is 0 Å². The van der Waals surface area contributed by atoms with E-state index in [0.29, 0.717) is 35.0 Å². The number of hydrogen-bond donors (Lipinski definition) is 1. The van der Waals surface area contributed by atoms with E-state index in [1.807, 2.05) is 17.0 Å². The van der Waals surface area contributed by atoms with Crippen molar-refractivity contribution in [1.29, 1.82) is 0 Å². The maximum atomic E-state index is 12.5. The standard InChI is InChI=1S/C20H21ClN2O3/c1-26-18-5-3-2-4-17(18)19(24)22-16-10-12-23(13-11-16)20(25)14-6-8-15(21)9-7-14/h2-9,16H,10-13H2,1H3,(H,22,24). The summed E-state index contributed by atoms with van der Waals surface area (Å²) in [6.07, 6.45) is 1.44. The van der Waals surface area contributed by atoms with Crippen LogP contribution in [0.25, 0.3) is 0 Å². The number of methoxy groups -OCH3 is 1. The second-order valence-corrected chi connectivity index (χ2v) is 6.68. The van der Waals surface area contributed by atoms with Crippen LogP contribution in [0.4, 0.5) is 0 Å². The Balaban J connectivity index is 1.56. The average Bonchev–Trinajstić information content (AvgIpc) is 2.68. The number of benzene rings is 2. The lowest BCUT2D eigenvalue weighted by molar-refractivity contribution is 0.0698. The SMILES string of the molecule is COc1ccccc1C(=O)NC1CCN(C(=O)c2ccc(Cl)cc2)CC1. The Hall–Kier alpha value is -2.53. The molecule has 0 atom stereocenters. The van der Waals surface area contributed by atoms with Crippen molar-refractivity contribution in [1.82, 2.24) is 10.2 Å². The Morgan fingerprint density at radius 3 is 2.38 bits per heavy atom. The lowest BCUT2D eigenvalue weighted by atomic mass is 10.0. The van der Waals surface area contributed by atoms with Crippen LogP contribution < -0.4 is 10.1 Å².